The molecule has 7 heteroatoms. The molecule has 1 saturated heterocycles. The van der Waals surface area contributed by atoms with Crippen LogP contribution in [-0.2, 0) is 14.8 Å². The summed E-state index contributed by atoms with van der Waals surface area (Å²) < 4.78 is 32.2. The molecule has 0 aromatic heterocycles. The molecule has 0 radical (unpaired) electrons. The first-order chi connectivity index (χ1) is 12.4. The molecule has 1 aliphatic heterocycles. The van der Waals surface area contributed by atoms with Crippen molar-refractivity contribution < 1.29 is 17.9 Å². The predicted octanol–water partition coefficient (Wildman–Crippen LogP) is 2.26. The third kappa shape index (κ3) is 4.10. The van der Waals surface area contributed by atoms with E-state index in [2.05, 4.69) is 19.2 Å². The van der Waals surface area contributed by atoms with Crippen molar-refractivity contribution in [1.82, 2.24) is 9.62 Å². The summed E-state index contributed by atoms with van der Waals surface area (Å²) in [5, 5.41) is 3.11. The Hall–Kier alpha value is -1.44. The highest BCUT2D eigenvalue weighted by Gasteiger charge is 2.30. The Labute approximate surface area is 156 Å². The standard InChI is InChI=1S/C19H28N2O4S/c1-14-5-3-8-18(15(14)2)20-19(22)16-6-4-7-17(13-16)26(23,24)21-9-11-25-12-10-21/h4,6-7,13-15,18H,3,5,8-12H2,1-2H3,(H,20,22)/t14-,15-,18-/m1/s1. The normalized spacial score (nSPS) is 27.8. The molecule has 2 fully saturated rings. The average Bonchev–Trinajstić information content (AvgIpc) is 2.66. The average molecular weight is 381 g/mol. The molecule has 0 bridgehead atoms. The Morgan fingerprint density at radius 3 is 2.65 bits per heavy atom. The van der Waals surface area contributed by atoms with Crippen LogP contribution in [0.4, 0.5) is 0 Å². The van der Waals surface area contributed by atoms with E-state index in [1.54, 1.807) is 18.2 Å². The highest BCUT2D eigenvalue weighted by molar-refractivity contribution is 7.89. The molecule has 1 aromatic rings. The van der Waals surface area contributed by atoms with Gasteiger partial charge in [-0.3, -0.25) is 4.79 Å². The van der Waals surface area contributed by atoms with E-state index in [4.69, 9.17) is 4.74 Å². The van der Waals surface area contributed by atoms with Crippen molar-refractivity contribution in [3.05, 3.63) is 29.8 Å². The maximum absolute atomic E-state index is 12.8. The van der Waals surface area contributed by atoms with Crippen LogP contribution in [0.2, 0.25) is 0 Å². The van der Waals surface area contributed by atoms with Gasteiger partial charge in [-0.2, -0.15) is 4.31 Å². The van der Waals surface area contributed by atoms with Crippen LogP contribution in [0.3, 0.4) is 0 Å². The number of amides is 1. The van der Waals surface area contributed by atoms with Crippen LogP contribution in [0.1, 0.15) is 43.5 Å². The number of carbonyl (C=O) groups excluding carboxylic acids is 1. The molecule has 2 aliphatic rings. The molecule has 0 unspecified atom stereocenters. The van der Waals surface area contributed by atoms with Gasteiger partial charge in [0.2, 0.25) is 10.0 Å². The summed E-state index contributed by atoms with van der Waals surface area (Å²) in [6.45, 7) is 5.88. The second kappa shape index (κ2) is 8.06. The Kier molecular flexibility index (Phi) is 5.99. The van der Waals surface area contributed by atoms with Gasteiger partial charge in [0, 0.05) is 24.7 Å². The lowest BCUT2D eigenvalue weighted by Crippen LogP contribution is -2.43. The SMILES string of the molecule is C[C@@H]1[C@H](C)CCC[C@H]1NC(=O)c1cccc(S(=O)(=O)N2CCOCC2)c1. The van der Waals surface area contributed by atoms with Crippen LogP contribution < -0.4 is 5.32 Å². The molecule has 1 amide bonds. The molecule has 6 nitrogen and oxygen atoms in total. The summed E-state index contributed by atoms with van der Waals surface area (Å²) in [5.74, 6) is 0.810. The largest absolute Gasteiger partial charge is 0.379 e. The van der Waals surface area contributed by atoms with E-state index in [0.29, 0.717) is 43.7 Å². The Bertz CT molecular complexity index is 744. The first-order valence-electron chi connectivity index (χ1n) is 9.38. The van der Waals surface area contributed by atoms with Crippen LogP contribution in [0, 0.1) is 11.8 Å². The monoisotopic (exact) mass is 380 g/mol. The molecule has 1 aliphatic carbocycles. The molecular formula is C19H28N2O4S. The van der Waals surface area contributed by atoms with Gasteiger partial charge in [0.25, 0.3) is 5.91 Å². The molecule has 1 N–H and O–H groups in total. The lowest BCUT2D eigenvalue weighted by atomic mass is 9.78. The van der Waals surface area contributed by atoms with Gasteiger partial charge in [-0.15, -0.1) is 0 Å². The number of hydrogen-bond donors (Lipinski definition) is 1. The number of sulfonamides is 1. The van der Waals surface area contributed by atoms with E-state index in [0.717, 1.165) is 12.8 Å². The van der Waals surface area contributed by atoms with Crippen LogP contribution in [0.25, 0.3) is 0 Å². The summed E-state index contributed by atoms with van der Waals surface area (Å²) in [4.78, 5) is 12.8. The second-order valence-electron chi connectivity index (χ2n) is 7.39. The fraction of sp³-hybridized carbons (Fsp3) is 0.632. The highest BCUT2D eigenvalue weighted by Crippen LogP contribution is 2.29. The van der Waals surface area contributed by atoms with Crippen LogP contribution >= 0.6 is 0 Å². The fourth-order valence-corrected chi connectivity index (χ4v) is 5.23. The van der Waals surface area contributed by atoms with Gasteiger partial charge in [-0.05, 0) is 36.5 Å². The fourth-order valence-electron chi connectivity index (χ4n) is 3.77. The number of nitrogens with zero attached hydrogens (tertiary/aromatic N) is 1. The number of nitrogens with one attached hydrogen (secondary N) is 1. The Balaban J connectivity index is 1.75. The van der Waals surface area contributed by atoms with Gasteiger partial charge in [0.15, 0.2) is 0 Å². The molecule has 1 heterocycles. The number of ether oxygens (including phenoxy) is 1. The minimum absolute atomic E-state index is 0.144. The zero-order chi connectivity index (χ0) is 18.7. The summed E-state index contributed by atoms with van der Waals surface area (Å²) >= 11 is 0. The van der Waals surface area contributed by atoms with E-state index in [9.17, 15) is 13.2 Å². The van der Waals surface area contributed by atoms with Gasteiger partial charge in [0.05, 0.1) is 18.1 Å². The topological polar surface area (TPSA) is 75.7 Å². The van der Waals surface area contributed by atoms with Crippen molar-refractivity contribution in [2.45, 2.75) is 44.0 Å². The third-order valence-electron chi connectivity index (χ3n) is 5.73. The molecule has 1 saturated carbocycles. The van der Waals surface area contributed by atoms with E-state index < -0.39 is 10.0 Å². The van der Waals surface area contributed by atoms with Gasteiger partial charge in [-0.25, -0.2) is 8.42 Å². The Morgan fingerprint density at radius 2 is 1.92 bits per heavy atom. The number of rotatable bonds is 4. The molecular weight excluding hydrogens is 352 g/mol. The smallest absolute Gasteiger partial charge is 0.251 e. The summed E-state index contributed by atoms with van der Waals surface area (Å²) in [5.41, 5.74) is 0.393. The predicted molar refractivity (Wildman–Crippen MR) is 99.5 cm³/mol. The quantitative estimate of drug-likeness (QED) is 0.869. The van der Waals surface area contributed by atoms with Crippen LogP contribution in [0.5, 0.6) is 0 Å². The zero-order valence-electron chi connectivity index (χ0n) is 15.5. The van der Waals surface area contributed by atoms with Crippen molar-refractivity contribution in [2.75, 3.05) is 26.3 Å². The Morgan fingerprint density at radius 1 is 1.19 bits per heavy atom. The minimum atomic E-state index is -3.60. The molecule has 144 valence electrons. The van der Waals surface area contributed by atoms with E-state index in [-0.39, 0.29) is 16.8 Å². The van der Waals surface area contributed by atoms with E-state index in [1.165, 1.54) is 16.8 Å². The van der Waals surface area contributed by atoms with Gasteiger partial charge < -0.3 is 10.1 Å². The summed E-state index contributed by atoms with van der Waals surface area (Å²) in [7, 11) is -3.60. The van der Waals surface area contributed by atoms with E-state index >= 15 is 0 Å². The minimum Gasteiger partial charge on any atom is -0.379 e. The number of carbonyl (C=O) groups is 1. The van der Waals surface area contributed by atoms with Crippen molar-refractivity contribution in [3.8, 4) is 0 Å². The second-order valence-corrected chi connectivity index (χ2v) is 9.33. The first kappa shape index (κ1) is 19.3. The number of benzene rings is 1. The van der Waals surface area contributed by atoms with Gasteiger partial charge in [-0.1, -0.05) is 32.8 Å². The maximum atomic E-state index is 12.8. The zero-order valence-corrected chi connectivity index (χ0v) is 16.3. The van der Waals surface area contributed by atoms with Crippen LogP contribution in [0.15, 0.2) is 29.2 Å². The van der Waals surface area contributed by atoms with Crippen molar-refractivity contribution in [1.29, 1.82) is 0 Å². The summed E-state index contributed by atoms with van der Waals surface area (Å²) in [6.07, 6.45) is 3.28. The molecule has 0 spiro atoms. The highest BCUT2D eigenvalue weighted by atomic mass is 32.2. The number of morpholine rings is 1. The van der Waals surface area contributed by atoms with Crippen molar-refractivity contribution in [3.63, 3.8) is 0 Å². The maximum Gasteiger partial charge on any atom is 0.251 e. The molecule has 1 aromatic carbocycles. The van der Waals surface area contributed by atoms with Crippen molar-refractivity contribution in [2.24, 2.45) is 11.8 Å². The van der Waals surface area contributed by atoms with Gasteiger partial charge >= 0.3 is 0 Å². The van der Waals surface area contributed by atoms with Crippen molar-refractivity contribution >= 4 is 15.9 Å². The summed E-state index contributed by atoms with van der Waals surface area (Å²) in [6, 6.07) is 6.48. The molecule has 3 rings (SSSR count). The molecule has 3 atom stereocenters. The number of hydrogen-bond acceptors (Lipinski definition) is 4. The van der Waals surface area contributed by atoms with E-state index in [1.807, 2.05) is 0 Å². The lowest BCUT2D eigenvalue weighted by Gasteiger charge is -2.34. The molecule has 26 heavy (non-hydrogen) atoms. The van der Waals surface area contributed by atoms with Gasteiger partial charge in [0.1, 0.15) is 0 Å². The van der Waals surface area contributed by atoms with Crippen LogP contribution in [-0.4, -0.2) is 51.0 Å². The third-order valence-corrected chi connectivity index (χ3v) is 7.62. The first-order valence-corrected chi connectivity index (χ1v) is 10.8. The lowest BCUT2D eigenvalue weighted by molar-refractivity contribution is 0.0730.